The zero-order valence-corrected chi connectivity index (χ0v) is 13.3. The van der Waals surface area contributed by atoms with Crippen LogP contribution in [0, 0.1) is 5.82 Å². The Labute approximate surface area is 127 Å². The topological polar surface area (TPSA) is 27.6 Å². The number of nitrogens with zero attached hydrogens (tertiary/aromatic N) is 2. The standard InChI is InChI=1S/C17H26FN3/c1-4-5-11-21(3)16(19-2)20-13-17(9-10-17)14-7-6-8-15(18)12-14/h6-8,12H,4-5,9-11,13H2,1-3H3,(H,19,20). The second kappa shape index (κ2) is 6.92. The van der Waals surface area contributed by atoms with Gasteiger partial charge in [-0.05, 0) is 37.0 Å². The molecule has 3 nitrogen and oxygen atoms in total. The van der Waals surface area contributed by atoms with Crippen LogP contribution in [0.4, 0.5) is 4.39 Å². The maximum Gasteiger partial charge on any atom is 0.193 e. The SMILES string of the molecule is CCCCN(C)C(=NC)NCC1(c2cccc(F)c2)CC1. The summed E-state index contributed by atoms with van der Waals surface area (Å²) in [7, 11) is 3.87. The number of nitrogens with one attached hydrogen (secondary N) is 1. The monoisotopic (exact) mass is 291 g/mol. The third-order valence-corrected chi connectivity index (χ3v) is 4.30. The predicted octanol–water partition coefficient (Wildman–Crippen LogP) is 3.16. The van der Waals surface area contributed by atoms with Gasteiger partial charge in [0.2, 0.25) is 0 Å². The molecule has 1 aliphatic carbocycles. The summed E-state index contributed by atoms with van der Waals surface area (Å²) in [6.07, 6.45) is 4.55. The summed E-state index contributed by atoms with van der Waals surface area (Å²) in [6.45, 7) is 4.01. The van der Waals surface area contributed by atoms with Crippen LogP contribution in [0.25, 0.3) is 0 Å². The van der Waals surface area contributed by atoms with Crippen molar-refractivity contribution < 1.29 is 4.39 Å². The molecule has 0 saturated heterocycles. The van der Waals surface area contributed by atoms with Crippen molar-refractivity contribution in [1.82, 2.24) is 10.2 Å². The average Bonchev–Trinajstić information content (AvgIpc) is 3.27. The van der Waals surface area contributed by atoms with E-state index in [1.54, 1.807) is 12.1 Å². The normalized spacial score (nSPS) is 16.7. The Balaban J connectivity index is 1.95. The van der Waals surface area contributed by atoms with Crippen molar-refractivity contribution in [2.75, 3.05) is 27.2 Å². The molecule has 1 aliphatic rings. The zero-order chi connectivity index (χ0) is 15.3. The predicted molar refractivity (Wildman–Crippen MR) is 86.2 cm³/mol. The minimum atomic E-state index is -0.150. The van der Waals surface area contributed by atoms with Gasteiger partial charge in [0.1, 0.15) is 5.82 Å². The molecule has 0 aliphatic heterocycles. The van der Waals surface area contributed by atoms with Crippen molar-refractivity contribution in [3.05, 3.63) is 35.6 Å². The number of rotatable bonds is 6. The number of unbranched alkanes of at least 4 members (excludes halogenated alkanes) is 1. The molecule has 0 aromatic heterocycles. The van der Waals surface area contributed by atoms with Crippen LogP contribution in [0.5, 0.6) is 0 Å². The van der Waals surface area contributed by atoms with Gasteiger partial charge in [-0.3, -0.25) is 4.99 Å². The zero-order valence-electron chi connectivity index (χ0n) is 13.3. The smallest absolute Gasteiger partial charge is 0.193 e. The van der Waals surface area contributed by atoms with Gasteiger partial charge in [-0.25, -0.2) is 4.39 Å². The van der Waals surface area contributed by atoms with Crippen LogP contribution in [0.1, 0.15) is 38.2 Å². The lowest BCUT2D eigenvalue weighted by atomic mass is 9.96. The molecule has 4 heteroatoms. The first-order valence-electron chi connectivity index (χ1n) is 7.79. The Morgan fingerprint density at radius 2 is 2.19 bits per heavy atom. The average molecular weight is 291 g/mol. The number of guanidine groups is 1. The van der Waals surface area contributed by atoms with Crippen LogP contribution in [0.3, 0.4) is 0 Å². The fourth-order valence-corrected chi connectivity index (χ4v) is 2.67. The third-order valence-electron chi connectivity index (χ3n) is 4.30. The molecule has 0 heterocycles. The van der Waals surface area contributed by atoms with Gasteiger partial charge in [0.05, 0.1) is 0 Å². The van der Waals surface area contributed by atoms with E-state index in [2.05, 4.69) is 29.2 Å². The van der Waals surface area contributed by atoms with Crippen molar-refractivity contribution in [3.63, 3.8) is 0 Å². The molecule has 0 radical (unpaired) electrons. The van der Waals surface area contributed by atoms with Gasteiger partial charge in [-0.1, -0.05) is 25.5 Å². The third kappa shape index (κ3) is 3.96. The first-order chi connectivity index (χ1) is 10.1. The summed E-state index contributed by atoms with van der Waals surface area (Å²) < 4.78 is 13.4. The lowest BCUT2D eigenvalue weighted by Gasteiger charge is -2.24. The van der Waals surface area contributed by atoms with Crippen LogP contribution in [0.2, 0.25) is 0 Å². The lowest BCUT2D eigenvalue weighted by molar-refractivity contribution is 0.459. The van der Waals surface area contributed by atoms with Crippen molar-refractivity contribution >= 4 is 5.96 Å². The second-order valence-electron chi connectivity index (χ2n) is 5.97. The molecule has 0 spiro atoms. The lowest BCUT2D eigenvalue weighted by Crippen LogP contribution is -2.42. The van der Waals surface area contributed by atoms with E-state index in [9.17, 15) is 4.39 Å². The van der Waals surface area contributed by atoms with Gasteiger partial charge < -0.3 is 10.2 Å². The van der Waals surface area contributed by atoms with E-state index < -0.39 is 0 Å². The molecule has 116 valence electrons. The number of halogens is 1. The molecule has 1 saturated carbocycles. The van der Waals surface area contributed by atoms with Crippen molar-refractivity contribution in [1.29, 1.82) is 0 Å². The summed E-state index contributed by atoms with van der Waals surface area (Å²) in [5, 5.41) is 3.45. The number of benzene rings is 1. The Hall–Kier alpha value is -1.58. The quantitative estimate of drug-likeness (QED) is 0.644. The van der Waals surface area contributed by atoms with E-state index in [0.717, 1.165) is 43.9 Å². The Morgan fingerprint density at radius 1 is 1.43 bits per heavy atom. The molecule has 1 N–H and O–H groups in total. The first-order valence-corrected chi connectivity index (χ1v) is 7.79. The van der Waals surface area contributed by atoms with Crippen molar-refractivity contribution in [2.24, 2.45) is 4.99 Å². The molecule has 0 amide bonds. The second-order valence-corrected chi connectivity index (χ2v) is 5.97. The Morgan fingerprint density at radius 3 is 2.76 bits per heavy atom. The summed E-state index contributed by atoms with van der Waals surface area (Å²) in [5.41, 5.74) is 1.19. The van der Waals surface area contributed by atoms with Crippen LogP contribution in [-0.4, -0.2) is 38.0 Å². The highest BCUT2D eigenvalue weighted by Gasteiger charge is 2.44. The van der Waals surface area contributed by atoms with Gasteiger partial charge in [0, 0.05) is 32.6 Å². The Kier molecular flexibility index (Phi) is 5.21. The fourth-order valence-electron chi connectivity index (χ4n) is 2.67. The highest BCUT2D eigenvalue weighted by Crippen LogP contribution is 2.47. The molecular formula is C17H26FN3. The maximum atomic E-state index is 13.4. The molecule has 1 aromatic rings. The summed E-state index contributed by atoms with van der Waals surface area (Å²) >= 11 is 0. The molecule has 1 aromatic carbocycles. The van der Waals surface area contributed by atoms with E-state index in [4.69, 9.17) is 0 Å². The van der Waals surface area contributed by atoms with Crippen LogP contribution >= 0.6 is 0 Å². The van der Waals surface area contributed by atoms with E-state index in [1.807, 2.05) is 13.1 Å². The number of hydrogen-bond donors (Lipinski definition) is 1. The molecular weight excluding hydrogens is 265 g/mol. The van der Waals surface area contributed by atoms with E-state index in [0.29, 0.717) is 0 Å². The Bertz CT molecular complexity index is 495. The fraction of sp³-hybridized carbons (Fsp3) is 0.588. The minimum Gasteiger partial charge on any atom is -0.355 e. The van der Waals surface area contributed by atoms with Crippen molar-refractivity contribution in [3.8, 4) is 0 Å². The summed E-state index contributed by atoms with van der Waals surface area (Å²) in [6, 6.07) is 7.00. The van der Waals surface area contributed by atoms with Crippen molar-refractivity contribution in [2.45, 2.75) is 38.0 Å². The van der Waals surface area contributed by atoms with Gasteiger partial charge >= 0.3 is 0 Å². The molecule has 1 fully saturated rings. The minimum absolute atomic E-state index is 0.0869. The largest absolute Gasteiger partial charge is 0.355 e. The molecule has 2 rings (SSSR count). The number of aliphatic imine (C=N–C) groups is 1. The van der Waals surface area contributed by atoms with Crippen LogP contribution in [-0.2, 0) is 5.41 Å². The summed E-state index contributed by atoms with van der Waals surface area (Å²) in [5.74, 6) is 0.773. The van der Waals surface area contributed by atoms with Gasteiger partial charge in [-0.15, -0.1) is 0 Å². The van der Waals surface area contributed by atoms with Crippen LogP contribution < -0.4 is 5.32 Å². The van der Waals surface area contributed by atoms with Crippen LogP contribution in [0.15, 0.2) is 29.3 Å². The summed E-state index contributed by atoms with van der Waals surface area (Å²) in [4.78, 5) is 6.50. The van der Waals surface area contributed by atoms with Gasteiger partial charge in [0.25, 0.3) is 0 Å². The van der Waals surface area contributed by atoms with Gasteiger partial charge in [-0.2, -0.15) is 0 Å². The highest BCUT2D eigenvalue weighted by molar-refractivity contribution is 5.79. The van der Waals surface area contributed by atoms with Gasteiger partial charge in [0.15, 0.2) is 5.96 Å². The van der Waals surface area contributed by atoms with E-state index >= 15 is 0 Å². The molecule has 21 heavy (non-hydrogen) atoms. The number of hydrogen-bond acceptors (Lipinski definition) is 1. The molecule has 0 atom stereocenters. The maximum absolute atomic E-state index is 13.4. The molecule has 0 bridgehead atoms. The highest BCUT2D eigenvalue weighted by atomic mass is 19.1. The first kappa shape index (κ1) is 15.8. The van der Waals surface area contributed by atoms with E-state index in [1.165, 1.54) is 12.5 Å². The molecule has 0 unspecified atom stereocenters. The van der Waals surface area contributed by atoms with E-state index in [-0.39, 0.29) is 11.2 Å².